The van der Waals surface area contributed by atoms with Crippen molar-refractivity contribution in [1.82, 2.24) is 10.2 Å². The minimum Gasteiger partial charge on any atom is -0.320 e. The van der Waals surface area contributed by atoms with Gasteiger partial charge in [-0.15, -0.1) is 11.3 Å². The van der Waals surface area contributed by atoms with Crippen LogP contribution >= 0.6 is 11.3 Å². The number of sulfone groups is 1. The number of nitrogens with one attached hydrogen (secondary N) is 1. The van der Waals surface area contributed by atoms with Gasteiger partial charge in [-0.25, -0.2) is 8.42 Å². The molecule has 0 radical (unpaired) electrons. The second-order valence-electron chi connectivity index (χ2n) is 5.52. The summed E-state index contributed by atoms with van der Waals surface area (Å²) in [5, 5.41) is 3.35. The number of amides is 1. The predicted octanol–water partition coefficient (Wildman–Crippen LogP) is 1.70. The van der Waals surface area contributed by atoms with Crippen molar-refractivity contribution in [1.29, 1.82) is 0 Å². The van der Waals surface area contributed by atoms with Crippen LogP contribution in [0.5, 0.6) is 0 Å². The van der Waals surface area contributed by atoms with Crippen LogP contribution in [0.3, 0.4) is 0 Å². The summed E-state index contributed by atoms with van der Waals surface area (Å²) in [6, 6.07) is 3.82. The van der Waals surface area contributed by atoms with E-state index in [1.165, 1.54) is 11.1 Å². The molecule has 21 heavy (non-hydrogen) atoms. The fourth-order valence-corrected chi connectivity index (χ4v) is 3.99. The van der Waals surface area contributed by atoms with Crippen molar-refractivity contribution in [3.05, 3.63) is 21.9 Å². The molecular formula is C14H22N2O3S2. The van der Waals surface area contributed by atoms with Crippen LogP contribution < -0.4 is 5.32 Å². The highest BCUT2D eigenvalue weighted by atomic mass is 32.2. The molecule has 2 atom stereocenters. The molecule has 0 saturated carbocycles. The van der Waals surface area contributed by atoms with Crippen molar-refractivity contribution in [2.45, 2.75) is 38.9 Å². The number of nitrogens with zero attached hydrogens (tertiary/aromatic N) is 1. The lowest BCUT2D eigenvalue weighted by Crippen LogP contribution is -2.34. The zero-order chi connectivity index (χ0) is 15.6. The molecule has 118 valence electrons. The quantitative estimate of drug-likeness (QED) is 0.862. The van der Waals surface area contributed by atoms with E-state index in [4.69, 9.17) is 0 Å². The third-order valence-electron chi connectivity index (χ3n) is 3.56. The summed E-state index contributed by atoms with van der Waals surface area (Å²) in [6.07, 6.45) is 2.69. The van der Waals surface area contributed by atoms with Gasteiger partial charge in [0.2, 0.25) is 5.91 Å². The molecule has 1 amide bonds. The SMILES string of the molecule is CCCC1NC(c2ccc(C)s2)N(CCS(C)(=O)=O)C1=O. The molecule has 1 aromatic rings. The summed E-state index contributed by atoms with van der Waals surface area (Å²) < 4.78 is 22.8. The lowest BCUT2D eigenvalue weighted by molar-refractivity contribution is -0.129. The number of hydrogen-bond acceptors (Lipinski definition) is 5. The van der Waals surface area contributed by atoms with Gasteiger partial charge in [-0.05, 0) is 25.5 Å². The molecule has 2 unspecified atom stereocenters. The molecular weight excluding hydrogens is 308 g/mol. The summed E-state index contributed by atoms with van der Waals surface area (Å²) in [4.78, 5) is 16.4. The highest BCUT2D eigenvalue weighted by molar-refractivity contribution is 7.90. The highest BCUT2D eigenvalue weighted by Crippen LogP contribution is 2.31. The molecule has 1 aliphatic rings. The number of carbonyl (C=O) groups excluding carboxylic acids is 1. The number of aryl methyl sites for hydroxylation is 1. The van der Waals surface area contributed by atoms with Gasteiger partial charge < -0.3 is 4.90 Å². The number of hydrogen-bond donors (Lipinski definition) is 1. The molecule has 0 aliphatic carbocycles. The predicted molar refractivity (Wildman–Crippen MR) is 85.1 cm³/mol. The Labute approximate surface area is 130 Å². The van der Waals surface area contributed by atoms with Gasteiger partial charge >= 0.3 is 0 Å². The Morgan fingerprint density at radius 2 is 2.10 bits per heavy atom. The van der Waals surface area contributed by atoms with Crippen LogP contribution in [0.2, 0.25) is 0 Å². The molecule has 0 bridgehead atoms. The fraction of sp³-hybridized carbons (Fsp3) is 0.643. The summed E-state index contributed by atoms with van der Waals surface area (Å²) in [6.45, 7) is 4.31. The lowest BCUT2D eigenvalue weighted by Gasteiger charge is -2.22. The van der Waals surface area contributed by atoms with E-state index in [0.29, 0.717) is 0 Å². The molecule has 0 spiro atoms. The van der Waals surface area contributed by atoms with Crippen molar-refractivity contribution < 1.29 is 13.2 Å². The average Bonchev–Trinajstić information content (AvgIpc) is 2.92. The second-order valence-corrected chi connectivity index (χ2v) is 9.10. The Hall–Kier alpha value is -0.920. The van der Waals surface area contributed by atoms with Crippen LogP contribution in [0.25, 0.3) is 0 Å². The molecule has 1 fully saturated rings. The maximum atomic E-state index is 12.5. The topological polar surface area (TPSA) is 66.5 Å². The van der Waals surface area contributed by atoms with Crippen molar-refractivity contribution in [2.24, 2.45) is 0 Å². The molecule has 2 heterocycles. The van der Waals surface area contributed by atoms with E-state index in [1.54, 1.807) is 16.2 Å². The van der Waals surface area contributed by atoms with Crippen LogP contribution in [0, 0.1) is 6.92 Å². The second kappa shape index (κ2) is 6.46. The van der Waals surface area contributed by atoms with E-state index in [-0.39, 0.29) is 30.4 Å². The Bertz CT molecular complexity index is 609. The third-order valence-corrected chi connectivity index (χ3v) is 5.54. The van der Waals surface area contributed by atoms with Gasteiger partial charge in [-0.1, -0.05) is 13.3 Å². The lowest BCUT2D eigenvalue weighted by atomic mass is 10.2. The molecule has 5 nitrogen and oxygen atoms in total. The van der Waals surface area contributed by atoms with Gasteiger partial charge in [0.25, 0.3) is 0 Å². The molecule has 1 aromatic heterocycles. The Morgan fingerprint density at radius 3 is 2.62 bits per heavy atom. The van der Waals surface area contributed by atoms with Gasteiger partial charge in [0.1, 0.15) is 16.0 Å². The van der Waals surface area contributed by atoms with Crippen molar-refractivity contribution in [3.8, 4) is 0 Å². The molecule has 7 heteroatoms. The Balaban J connectivity index is 2.20. The maximum absolute atomic E-state index is 12.5. The minimum absolute atomic E-state index is 0.000121. The minimum atomic E-state index is -3.08. The van der Waals surface area contributed by atoms with Crippen molar-refractivity contribution >= 4 is 27.1 Å². The summed E-state index contributed by atoms with van der Waals surface area (Å²) in [5.41, 5.74) is 0. The zero-order valence-electron chi connectivity index (χ0n) is 12.6. The van der Waals surface area contributed by atoms with Crippen LogP contribution in [0.1, 0.15) is 35.7 Å². The Kier molecular flexibility index (Phi) is 5.06. The van der Waals surface area contributed by atoms with Crippen LogP contribution in [0.4, 0.5) is 0 Å². The molecule has 1 saturated heterocycles. The normalized spacial score (nSPS) is 23.0. The summed E-state index contributed by atoms with van der Waals surface area (Å²) in [5.74, 6) is 0.0108. The van der Waals surface area contributed by atoms with Gasteiger partial charge in [0, 0.05) is 22.6 Å². The smallest absolute Gasteiger partial charge is 0.241 e. The Morgan fingerprint density at radius 1 is 1.38 bits per heavy atom. The highest BCUT2D eigenvalue weighted by Gasteiger charge is 2.39. The van der Waals surface area contributed by atoms with E-state index in [2.05, 4.69) is 5.32 Å². The first kappa shape index (κ1) is 16.5. The van der Waals surface area contributed by atoms with Crippen molar-refractivity contribution in [2.75, 3.05) is 18.6 Å². The molecule has 1 N–H and O–H groups in total. The van der Waals surface area contributed by atoms with Gasteiger partial charge in [-0.2, -0.15) is 0 Å². The maximum Gasteiger partial charge on any atom is 0.241 e. The van der Waals surface area contributed by atoms with Gasteiger partial charge in [0.05, 0.1) is 11.8 Å². The molecule has 2 rings (SSSR count). The van der Waals surface area contributed by atoms with Crippen molar-refractivity contribution in [3.63, 3.8) is 0 Å². The first-order chi connectivity index (χ1) is 9.81. The van der Waals surface area contributed by atoms with Crippen LogP contribution in [-0.2, 0) is 14.6 Å². The number of rotatable bonds is 6. The fourth-order valence-electron chi connectivity index (χ4n) is 2.51. The summed E-state index contributed by atoms with van der Waals surface area (Å²) >= 11 is 1.64. The summed E-state index contributed by atoms with van der Waals surface area (Å²) in [7, 11) is -3.08. The van der Waals surface area contributed by atoms with E-state index in [0.717, 1.165) is 17.7 Å². The molecule has 0 aromatic carbocycles. The average molecular weight is 330 g/mol. The molecule has 1 aliphatic heterocycles. The standard InChI is InChI=1S/C14H22N2O3S2/c1-4-5-11-14(17)16(8-9-21(3,18)19)13(15-11)12-7-6-10(2)20-12/h6-7,11,13,15H,4-5,8-9H2,1-3H3. The largest absolute Gasteiger partial charge is 0.320 e. The number of thiophene rings is 1. The van der Waals surface area contributed by atoms with E-state index in [1.807, 2.05) is 26.0 Å². The monoisotopic (exact) mass is 330 g/mol. The van der Waals surface area contributed by atoms with E-state index < -0.39 is 9.84 Å². The van der Waals surface area contributed by atoms with Crippen LogP contribution in [-0.4, -0.2) is 43.8 Å². The first-order valence-corrected chi connectivity index (χ1v) is 10.00. The number of carbonyl (C=O) groups is 1. The zero-order valence-corrected chi connectivity index (χ0v) is 14.3. The van der Waals surface area contributed by atoms with Gasteiger partial charge in [0.15, 0.2) is 0 Å². The third kappa shape index (κ3) is 4.05. The van der Waals surface area contributed by atoms with E-state index in [9.17, 15) is 13.2 Å². The first-order valence-electron chi connectivity index (χ1n) is 7.12. The van der Waals surface area contributed by atoms with Gasteiger partial charge in [-0.3, -0.25) is 10.1 Å². The van der Waals surface area contributed by atoms with E-state index >= 15 is 0 Å². The van der Waals surface area contributed by atoms with Crippen LogP contribution in [0.15, 0.2) is 12.1 Å².